The molecule has 1 aromatic carbocycles. The zero-order valence-electron chi connectivity index (χ0n) is 18.5. The number of likely N-dealkylation sites (N-methyl/N-ethyl adjacent to an activating group) is 1. The number of rotatable bonds is 9. The van der Waals surface area contributed by atoms with E-state index in [0.717, 1.165) is 45.0 Å². The van der Waals surface area contributed by atoms with Crippen molar-refractivity contribution < 1.29 is 14.3 Å². The maximum Gasteiger partial charge on any atom is 0.243 e. The molecule has 1 fully saturated rings. The zero-order valence-corrected chi connectivity index (χ0v) is 20.8. The minimum absolute atomic E-state index is 0. The van der Waals surface area contributed by atoms with Gasteiger partial charge in [-0.15, -0.1) is 24.0 Å². The number of nitrogens with one attached hydrogen (secondary N) is 2. The number of guanidine groups is 1. The molecule has 1 unspecified atom stereocenters. The van der Waals surface area contributed by atoms with Crippen LogP contribution in [0.2, 0.25) is 0 Å². The molecule has 1 aliphatic heterocycles. The number of carbonyl (C=O) groups excluding carboxylic acids is 1. The lowest BCUT2D eigenvalue weighted by atomic mass is 10.0. The first-order chi connectivity index (χ1) is 14.0. The van der Waals surface area contributed by atoms with E-state index in [9.17, 15) is 4.79 Å². The second kappa shape index (κ2) is 14.4. The number of carbonyl (C=O) groups is 1. The summed E-state index contributed by atoms with van der Waals surface area (Å²) in [6.45, 7) is 6.93. The van der Waals surface area contributed by atoms with Crippen molar-refractivity contribution in [3.05, 3.63) is 29.8 Å². The van der Waals surface area contributed by atoms with Crippen molar-refractivity contribution in [2.75, 3.05) is 67.1 Å². The highest BCUT2D eigenvalue weighted by Gasteiger charge is 2.23. The van der Waals surface area contributed by atoms with Crippen LogP contribution in [0, 0.1) is 0 Å². The Balaban J connectivity index is 0.00000450. The average Bonchev–Trinajstić information content (AvgIpc) is 2.76. The van der Waals surface area contributed by atoms with Crippen molar-refractivity contribution in [1.82, 2.24) is 20.4 Å². The lowest BCUT2D eigenvalue weighted by Gasteiger charge is -2.35. The van der Waals surface area contributed by atoms with E-state index >= 15 is 0 Å². The molecule has 2 rings (SSSR count). The van der Waals surface area contributed by atoms with Crippen molar-refractivity contribution in [3.63, 3.8) is 0 Å². The molecular weight excluding hydrogens is 497 g/mol. The fourth-order valence-corrected chi connectivity index (χ4v) is 3.07. The number of amides is 1. The Hall–Kier alpha value is -1.59. The maximum absolute atomic E-state index is 11.9. The van der Waals surface area contributed by atoms with Gasteiger partial charge in [-0.3, -0.25) is 9.69 Å². The largest absolute Gasteiger partial charge is 0.497 e. The Bertz CT molecular complexity index is 649. The van der Waals surface area contributed by atoms with Crippen LogP contribution in [-0.2, 0) is 9.53 Å². The maximum atomic E-state index is 11.9. The molecular formula is C21H36IN5O3. The number of benzene rings is 1. The van der Waals surface area contributed by atoms with Crippen molar-refractivity contribution in [2.24, 2.45) is 4.99 Å². The number of methoxy groups -OCH3 is 1. The Kier molecular flexibility index (Phi) is 12.7. The van der Waals surface area contributed by atoms with Crippen LogP contribution in [0.15, 0.2) is 29.3 Å². The molecule has 1 aromatic rings. The fourth-order valence-electron chi connectivity index (χ4n) is 3.07. The molecule has 1 heterocycles. The molecule has 0 spiro atoms. The number of morpholine rings is 1. The Labute approximate surface area is 197 Å². The smallest absolute Gasteiger partial charge is 0.243 e. The fraction of sp³-hybridized carbons (Fsp3) is 0.619. The highest BCUT2D eigenvalue weighted by molar-refractivity contribution is 14.0. The number of ether oxygens (including phenoxy) is 2. The first-order valence-electron chi connectivity index (χ1n) is 10.2. The summed E-state index contributed by atoms with van der Waals surface area (Å²) >= 11 is 0. The SMILES string of the molecule is CCCNC(=NCC(=O)N(C)C)NCC(c1ccc(OC)cc1)N1CCOCC1.I. The van der Waals surface area contributed by atoms with Gasteiger partial charge in [0.1, 0.15) is 12.3 Å². The average molecular weight is 533 g/mol. The van der Waals surface area contributed by atoms with Crippen molar-refractivity contribution in [2.45, 2.75) is 19.4 Å². The predicted octanol–water partition coefficient (Wildman–Crippen LogP) is 1.72. The normalized spacial score (nSPS) is 15.7. The first kappa shape index (κ1) is 26.4. The van der Waals surface area contributed by atoms with E-state index in [2.05, 4.69) is 39.6 Å². The van der Waals surface area contributed by atoms with E-state index in [0.29, 0.717) is 12.5 Å². The summed E-state index contributed by atoms with van der Waals surface area (Å²) in [5.41, 5.74) is 1.21. The van der Waals surface area contributed by atoms with E-state index in [4.69, 9.17) is 9.47 Å². The highest BCUT2D eigenvalue weighted by atomic mass is 127. The van der Waals surface area contributed by atoms with Gasteiger partial charge in [0.2, 0.25) is 5.91 Å². The topological polar surface area (TPSA) is 78.4 Å². The number of nitrogens with zero attached hydrogens (tertiary/aromatic N) is 3. The molecule has 1 saturated heterocycles. The minimum Gasteiger partial charge on any atom is -0.497 e. The predicted molar refractivity (Wildman–Crippen MR) is 131 cm³/mol. The van der Waals surface area contributed by atoms with E-state index in [1.807, 2.05) is 12.1 Å². The summed E-state index contributed by atoms with van der Waals surface area (Å²) in [5.74, 6) is 1.48. The molecule has 1 amide bonds. The van der Waals surface area contributed by atoms with Crippen LogP contribution in [-0.4, -0.2) is 88.8 Å². The standard InChI is InChI=1S/C21H35N5O3.HI/c1-5-10-22-21(24-16-20(27)25(2)3)23-15-19(26-11-13-29-14-12-26)17-6-8-18(28-4)9-7-17;/h6-9,19H,5,10-16H2,1-4H3,(H2,22,23,24);1H. The molecule has 1 aliphatic rings. The van der Waals surface area contributed by atoms with Crippen LogP contribution < -0.4 is 15.4 Å². The van der Waals surface area contributed by atoms with Crippen LogP contribution >= 0.6 is 24.0 Å². The van der Waals surface area contributed by atoms with Crippen LogP contribution in [0.3, 0.4) is 0 Å². The summed E-state index contributed by atoms with van der Waals surface area (Å²) in [7, 11) is 5.15. The molecule has 8 nitrogen and oxygen atoms in total. The third-order valence-corrected chi connectivity index (χ3v) is 4.86. The van der Waals surface area contributed by atoms with Gasteiger partial charge in [0.15, 0.2) is 5.96 Å². The lowest BCUT2D eigenvalue weighted by Crippen LogP contribution is -2.46. The van der Waals surface area contributed by atoms with Gasteiger partial charge in [0.05, 0.1) is 26.4 Å². The molecule has 170 valence electrons. The highest BCUT2D eigenvalue weighted by Crippen LogP contribution is 2.23. The van der Waals surface area contributed by atoms with Crippen molar-refractivity contribution in [3.8, 4) is 5.75 Å². The Morgan fingerprint density at radius 1 is 1.23 bits per heavy atom. The quantitative estimate of drug-likeness (QED) is 0.286. The molecule has 0 bridgehead atoms. The summed E-state index contributed by atoms with van der Waals surface area (Å²) in [5, 5.41) is 6.72. The van der Waals surface area contributed by atoms with Gasteiger partial charge in [-0.2, -0.15) is 0 Å². The molecule has 1 atom stereocenters. The van der Waals surface area contributed by atoms with Crippen molar-refractivity contribution in [1.29, 1.82) is 0 Å². The molecule has 0 aliphatic carbocycles. The molecule has 0 saturated carbocycles. The minimum atomic E-state index is -0.0255. The molecule has 0 aromatic heterocycles. The second-order valence-electron chi connectivity index (χ2n) is 7.20. The Morgan fingerprint density at radius 3 is 2.47 bits per heavy atom. The number of hydrogen-bond donors (Lipinski definition) is 2. The number of hydrogen-bond acceptors (Lipinski definition) is 5. The third kappa shape index (κ3) is 8.65. The molecule has 9 heteroatoms. The van der Waals surface area contributed by atoms with Crippen molar-refractivity contribution >= 4 is 35.8 Å². The second-order valence-corrected chi connectivity index (χ2v) is 7.20. The van der Waals surface area contributed by atoms with E-state index in [1.165, 1.54) is 5.56 Å². The summed E-state index contributed by atoms with van der Waals surface area (Å²) in [6, 6.07) is 8.35. The zero-order chi connectivity index (χ0) is 21.1. The van der Waals surface area contributed by atoms with Gasteiger partial charge in [-0.1, -0.05) is 19.1 Å². The van der Waals surface area contributed by atoms with Gasteiger partial charge in [0, 0.05) is 40.3 Å². The van der Waals surface area contributed by atoms with E-state index < -0.39 is 0 Å². The Morgan fingerprint density at radius 2 is 1.90 bits per heavy atom. The lowest BCUT2D eigenvalue weighted by molar-refractivity contribution is -0.127. The van der Waals surface area contributed by atoms with Gasteiger partial charge in [-0.05, 0) is 24.1 Å². The van der Waals surface area contributed by atoms with Crippen LogP contribution in [0.1, 0.15) is 24.9 Å². The van der Waals surface area contributed by atoms with Gasteiger partial charge in [-0.25, -0.2) is 4.99 Å². The molecule has 30 heavy (non-hydrogen) atoms. The number of halogens is 1. The summed E-state index contributed by atoms with van der Waals surface area (Å²) in [4.78, 5) is 20.3. The van der Waals surface area contributed by atoms with Gasteiger partial charge in [0.25, 0.3) is 0 Å². The summed E-state index contributed by atoms with van der Waals surface area (Å²) < 4.78 is 10.8. The van der Waals surface area contributed by atoms with E-state index in [-0.39, 0.29) is 42.5 Å². The van der Waals surface area contributed by atoms with Gasteiger partial charge < -0.3 is 25.0 Å². The summed E-state index contributed by atoms with van der Waals surface area (Å²) in [6.07, 6.45) is 0.980. The van der Waals surface area contributed by atoms with Crippen LogP contribution in [0.25, 0.3) is 0 Å². The molecule has 2 N–H and O–H groups in total. The molecule has 0 radical (unpaired) electrons. The monoisotopic (exact) mass is 533 g/mol. The first-order valence-corrected chi connectivity index (χ1v) is 10.2. The van der Waals surface area contributed by atoms with E-state index in [1.54, 1.807) is 26.1 Å². The van der Waals surface area contributed by atoms with Gasteiger partial charge >= 0.3 is 0 Å². The third-order valence-electron chi connectivity index (χ3n) is 4.86. The van der Waals surface area contributed by atoms with Crippen LogP contribution in [0.4, 0.5) is 0 Å². The van der Waals surface area contributed by atoms with Crippen LogP contribution in [0.5, 0.6) is 5.75 Å². The number of aliphatic imine (C=N–C) groups is 1.